The molecule has 11 nitrogen and oxygen atoms in total. The number of ether oxygens (including phenoxy) is 1. The third kappa shape index (κ3) is 4.06. The number of hydrogen-bond donors (Lipinski definition) is 4. The molecule has 11 heteroatoms. The number of H-pyrrole nitrogens is 1. The van der Waals surface area contributed by atoms with Gasteiger partial charge < -0.3 is 20.2 Å². The van der Waals surface area contributed by atoms with Crippen LogP contribution in [0.15, 0.2) is 54.7 Å². The highest BCUT2D eigenvalue weighted by Crippen LogP contribution is 2.35. The molecule has 3 aromatic heterocycles. The number of rotatable bonds is 6. The number of fused-ring (bicyclic) bond motifs is 1. The van der Waals surface area contributed by atoms with Gasteiger partial charge in [-0.3, -0.25) is 10.1 Å². The maximum atomic E-state index is 12.7. The van der Waals surface area contributed by atoms with Crippen molar-refractivity contribution in [2.24, 2.45) is 7.05 Å². The van der Waals surface area contributed by atoms with Gasteiger partial charge in [0.2, 0.25) is 11.8 Å². The van der Waals surface area contributed by atoms with Crippen LogP contribution in [0.2, 0.25) is 0 Å². The number of anilines is 1. The van der Waals surface area contributed by atoms with Gasteiger partial charge in [-0.15, -0.1) is 5.10 Å². The van der Waals surface area contributed by atoms with Crippen LogP contribution in [0.1, 0.15) is 16.2 Å². The molecule has 35 heavy (non-hydrogen) atoms. The van der Waals surface area contributed by atoms with E-state index >= 15 is 0 Å². The number of amides is 1. The number of phenols is 1. The first-order valence-electron chi connectivity index (χ1n) is 10.5. The van der Waals surface area contributed by atoms with E-state index in [-0.39, 0.29) is 11.7 Å². The third-order valence-electron chi connectivity index (χ3n) is 5.42. The van der Waals surface area contributed by atoms with Crippen LogP contribution in [0.3, 0.4) is 0 Å². The van der Waals surface area contributed by atoms with Crippen molar-refractivity contribution in [3.05, 3.63) is 66.1 Å². The van der Waals surface area contributed by atoms with Gasteiger partial charge >= 0.3 is 0 Å². The van der Waals surface area contributed by atoms with Crippen LogP contribution in [-0.4, -0.2) is 54.1 Å². The van der Waals surface area contributed by atoms with Crippen molar-refractivity contribution in [2.45, 2.75) is 0 Å². The maximum Gasteiger partial charge on any atom is 0.258 e. The second kappa shape index (κ2) is 8.71. The Balaban J connectivity index is 1.47. The zero-order chi connectivity index (χ0) is 24.5. The third-order valence-corrected chi connectivity index (χ3v) is 5.42. The van der Waals surface area contributed by atoms with E-state index in [1.165, 1.54) is 4.68 Å². The van der Waals surface area contributed by atoms with Gasteiger partial charge in [-0.05, 0) is 48.0 Å². The minimum absolute atomic E-state index is 0.0526. The van der Waals surface area contributed by atoms with Crippen molar-refractivity contribution < 1.29 is 14.6 Å². The first kappa shape index (κ1) is 21.8. The van der Waals surface area contributed by atoms with E-state index in [1.807, 2.05) is 12.1 Å². The summed E-state index contributed by atoms with van der Waals surface area (Å²) in [6.45, 7) is 0. The molecule has 0 fully saturated rings. The van der Waals surface area contributed by atoms with E-state index in [0.29, 0.717) is 39.7 Å². The summed E-state index contributed by atoms with van der Waals surface area (Å²) in [6, 6.07) is 13.9. The SMILES string of the molecule is COc1ncccc1-c1ccc(O)c(-c2nc3cc(C(=O)Nc4nc(C=N)n(C)n4)ccc3[nH]2)c1. The first-order chi connectivity index (χ1) is 17.0. The van der Waals surface area contributed by atoms with Crippen LogP contribution in [0.25, 0.3) is 33.5 Å². The number of nitrogens with one attached hydrogen (secondary N) is 3. The molecule has 4 N–H and O–H groups in total. The number of carbonyl (C=O) groups excluding carboxylic acids is 1. The fourth-order valence-electron chi connectivity index (χ4n) is 3.69. The predicted octanol–water partition coefficient (Wildman–Crippen LogP) is 3.38. The summed E-state index contributed by atoms with van der Waals surface area (Å²) in [7, 11) is 3.19. The Morgan fingerprint density at radius 3 is 2.80 bits per heavy atom. The van der Waals surface area contributed by atoms with Crippen molar-refractivity contribution in [1.29, 1.82) is 5.41 Å². The molecule has 0 radical (unpaired) electrons. The Labute approximate surface area is 199 Å². The zero-order valence-corrected chi connectivity index (χ0v) is 18.8. The Kier molecular flexibility index (Phi) is 5.41. The fraction of sp³-hybridized carbons (Fsp3) is 0.0833. The Morgan fingerprint density at radius 1 is 1.17 bits per heavy atom. The molecule has 0 saturated carbocycles. The van der Waals surface area contributed by atoms with Crippen molar-refractivity contribution in [1.82, 2.24) is 29.7 Å². The quantitative estimate of drug-likeness (QED) is 0.278. The summed E-state index contributed by atoms with van der Waals surface area (Å²) in [5.74, 6) is 0.982. The summed E-state index contributed by atoms with van der Waals surface area (Å²) in [4.78, 5) is 28.8. The van der Waals surface area contributed by atoms with Crippen LogP contribution >= 0.6 is 0 Å². The van der Waals surface area contributed by atoms with Gasteiger partial charge in [0.05, 0.1) is 29.9 Å². The van der Waals surface area contributed by atoms with Gasteiger partial charge in [0.25, 0.3) is 5.91 Å². The highest BCUT2D eigenvalue weighted by Gasteiger charge is 2.16. The van der Waals surface area contributed by atoms with Gasteiger partial charge in [-0.2, -0.15) is 4.98 Å². The number of carbonyl (C=O) groups is 1. The normalized spacial score (nSPS) is 10.9. The van der Waals surface area contributed by atoms with Crippen molar-refractivity contribution >= 4 is 29.1 Å². The highest BCUT2D eigenvalue weighted by atomic mass is 16.5. The molecule has 0 aliphatic carbocycles. The van der Waals surface area contributed by atoms with Gasteiger partial charge in [-0.25, -0.2) is 14.6 Å². The molecule has 0 aliphatic rings. The number of methoxy groups -OCH3 is 1. The number of hydrogen-bond acceptors (Lipinski definition) is 8. The highest BCUT2D eigenvalue weighted by molar-refractivity contribution is 6.05. The summed E-state index contributed by atoms with van der Waals surface area (Å²) < 4.78 is 6.76. The van der Waals surface area contributed by atoms with Crippen LogP contribution in [0, 0.1) is 5.41 Å². The molecule has 0 unspecified atom stereocenters. The van der Waals surface area contributed by atoms with Crippen molar-refractivity contribution in [3.63, 3.8) is 0 Å². The molecule has 3 heterocycles. The number of aryl methyl sites for hydroxylation is 1. The lowest BCUT2D eigenvalue weighted by atomic mass is 10.0. The second-order valence-electron chi connectivity index (χ2n) is 7.63. The number of imidazole rings is 1. The number of pyridine rings is 1. The molecular formula is C24H20N8O3. The lowest BCUT2D eigenvalue weighted by Gasteiger charge is -2.09. The zero-order valence-electron chi connectivity index (χ0n) is 18.8. The molecule has 174 valence electrons. The van der Waals surface area contributed by atoms with Crippen LogP contribution in [0.4, 0.5) is 5.95 Å². The summed E-state index contributed by atoms with van der Waals surface area (Å²) in [5.41, 5.74) is 3.67. The van der Waals surface area contributed by atoms with Crippen LogP contribution in [-0.2, 0) is 7.05 Å². The predicted molar refractivity (Wildman–Crippen MR) is 130 cm³/mol. The smallest absolute Gasteiger partial charge is 0.258 e. The van der Waals surface area contributed by atoms with Gasteiger partial charge in [0.1, 0.15) is 11.6 Å². The number of aromatic hydroxyl groups is 1. The molecule has 0 saturated heterocycles. The Hall–Kier alpha value is -5.06. The second-order valence-corrected chi connectivity index (χ2v) is 7.63. The van der Waals surface area contributed by atoms with E-state index in [2.05, 4.69) is 30.4 Å². The van der Waals surface area contributed by atoms with E-state index in [4.69, 9.17) is 10.1 Å². The van der Waals surface area contributed by atoms with Crippen LogP contribution in [0.5, 0.6) is 11.6 Å². The largest absolute Gasteiger partial charge is 0.507 e. The van der Waals surface area contributed by atoms with E-state index in [1.54, 1.807) is 56.8 Å². The first-order valence-corrected chi connectivity index (χ1v) is 10.5. The molecular weight excluding hydrogens is 448 g/mol. The molecule has 1 amide bonds. The summed E-state index contributed by atoms with van der Waals surface area (Å²) in [5, 5.41) is 24.5. The summed E-state index contributed by atoms with van der Waals surface area (Å²) >= 11 is 0. The average molecular weight is 468 g/mol. The molecule has 2 aromatic carbocycles. The minimum Gasteiger partial charge on any atom is -0.507 e. The molecule has 0 aliphatic heterocycles. The lowest BCUT2D eigenvalue weighted by Crippen LogP contribution is -2.13. The number of nitrogens with zero attached hydrogens (tertiary/aromatic N) is 5. The summed E-state index contributed by atoms with van der Waals surface area (Å²) in [6.07, 6.45) is 2.70. The minimum atomic E-state index is -0.410. The lowest BCUT2D eigenvalue weighted by molar-refractivity contribution is 0.102. The van der Waals surface area contributed by atoms with Crippen molar-refractivity contribution in [2.75, 3.05) is 12.4 Å². The monoisotopic (exact) mass is 468 g/mol. The molecule has 5 rings (SSSR count). The standard InChI is InChI=1S/C24H20N8O3/c1-32-20(12-25)29-24(31-32)30-22(34)14-5-7-17-18(11-14)28-21(27-17)16-10-13(6-8-19(16)33)15-4-3-9-26-23(15)35-2/h3-12,25,33H,1-2H3,(H,27,28)(H,30,31,34). The van der Waals surface area contributed by atoms with E-state index in [9.17, 15) is 9.90 Å². The van der Waals surface area contributed by atoms with Gasteiger partial charge in [-0.1, -0.05) is 6.07 Å². The molecule has 0 bridgehead atoms. The molecule has 0 atom stereocenters. The maximum absolute atomic E-state index is 12.7. The number of benzene rings is 2. The van der Waals surface area contributed by atoms with Gasteiger partial charge in [0, 0.05) is 24.4 Å². The van der Waals surface area contributed by atoms with Gasteiger partial charge in [0.15, 0.2) is 5.82 Å². The molecule has 5 aromatic rings. The van der Waals surface area contributed by atoms with Crippen LogP contribution < -0.4 is 10.1 Å². The van der Waals surface area contributed by atoms with E-state index in [0.717, 1.165) is 17.3 Å². The molecule has 0 spiro atoms. The van der Waals surface area contributed by atoms with E-state index < -0.39 is 5.91 Å². The fourth-order valence-corrected chi connectivity index (χ4v) is 3.69. The van der Waals surface area contributed by atoms with Crippen molar-refractivity contribution in [3.8, 4) is 34.1 Å². The topological polar surface area (TPSA) is 155 Å². The average Bonchev–Trinajstić information content (AvgIpc) is 3.46. The number of phenolic OH excluding ortho intramolecular Hbond substituents is 1. The number of aromatic nitrogens is 6. The number of aromatic amines is 1. The Morgan fingerprint density at radius 2 is 2.03 bits per heavy atom. The Bertz CT molecular complexity index is 1590.